The van der Waals surface area contributed by atoms with Gasteiger partial charge in [-0.25, -0.2) is 8.42 Å². The topological polar surface area (TPSA) is 126 Å². The van der Waals surface area contributed by atoms with Crippen molar-refractivity contribution in [1.29, 1.82) is 0 Å². The highest BCUT2D eigenvalue weighted by molar-refractivity contribution is 7.92. The summed E-state index contributed by atoms with van der Waals surface area (Å²) in [5.74, 6) is -1.36. The lowest BCUT2D eigenvalue weighted by molar-refractivity contribution is -0.140. The number of nitrogens with one attached hydrogen (secondary N) is 1. The van der Waals surface area contributed by atoms with Crippen molar-refractivity contribution in [2.75, 3.05) is 32.8 Å². The lowest BCUT2D eigenvalue weighted by Crippen LogP contribution is -2.58. The summed E-state index contributed by atoms with van der Waals surface area (Å²) >= 11 is 0. The molecule has 0 saturated carbocycles. The molecule has 0 radical (unpaired) electrons. The number of hydrogen-bond donors (Lipinski definition) is 1. The Bertz CT molecular complexity index is 1350. The van der Waals surface area contributed by atoms with E-state index < -0.39 is 27.0 Å². The first-order chi connectivity index (χ1) is 17.8. The predicted octanol–water partition coefficient (Wildman–Crippen LogP) is 1.87. The second-order valence-electron chi connectivity index (χ2n) is 8.45. The molecular formula is C26H27N3O7S. The zero-order chi connectivity index (χ0) is 26.4. The van der Waals surface area contributed by atoms with E-state index in [0.29, 0.717) is 5.75 Å². The summed E-state index contributed by atoms with van der Waals surface area (Å²) in [6.45, 7) is 2.34. The Morgan fingerprint density at radius 3 is 2.22 bits per heavy atom. The van der Waals surface area contributed by atoms with Crippen molar-refractivity contribution in [2.45, 2.75) is 17.2 Å². The van der Waals surface area contributed by atoms with Gasteiger partial charge in [0.2, 0.25) is 15.2 Å². The van der Waals surface area contributed by atoms with Crippen LogP contribution in [0.2, 0.25) is 0 Å². The van der Waals surface area contributed by atoms with Gasteiger partial charge in [-0.15, -0.1) is 0 Å². The Kier molecular flexibility index (Phi) is 7.92. The first-order valence-electron chi connectivity index (χ1n) is 11.7. The van der Waals surface area contributed by atoms with Crippen LogP contribution in [0, 0.1) is 6.92 Å². The van der Waals surface area contributed by atoms with Crippen LogP contribution in [-0.4, -0.2) is 74.1 Å². The summed E-state index contributed by atoms with van der Waals surface area (Å²) in [5.41, 5.74) is 0.910. The number of aryl methyl sites for hydroxylation is 1. The van der Waals surface area contributed by atoms with Crippen LogP contribution in [0.5, 0.6) is 5.75 Å². The standard InChI is InChI=1S/C26H27N3O7S/c1-19-8-5-6-11-21(19)36-18-23(30)28-13-15-29(16-14-28)26(32)25(27-24(31)22-12-7-17-35-22)37(33,34)20-9-3-2-4-10-20/h2-12,17,25H,13-16,18H2,1H3,(H,27,31)/t25-/m0/s1. The van der Waals surface area contributed by atoms with Crippen molar-refractivity contribution in [3.63, 3.8) is 0 Å². The maximum absolute atomic E-state index is 13.4. The Balaban J connectivity index is 1.43. The number of rotatable bonds is 8. The van der Waals surface area contributed by atoms with Crippen LogP contribution >= 0.6 is 0 Å². The number of carbonyl (C=O) groups is 3. The van der Waals surface area contributed by atoms with Gasteiger partial charge in [0, 0.05) is 26.2 Å². The van der Waals surface area contributed by atoms with Gasteiger partial charge >= 0.3 is 0 Å². The van der Waals surface area contributed by atoms with Crippen molar-refractivity contribution in [3.05, 3.63) is 84.3 Å². The number of carbonyl (C=O) groups excluding carboxylic acids is 3. The van der Waals surface area contributed by atoms with Crippen molar-refractivity contribution in [3.8, 4) is 5.75 Å². The van der Waals surface area contributed by atoms with Crippen molar-refractivity contribution >= 4 is 27.6 Å². The summed E-state index contributed by atoms with van der Waals surface area (Å²) < 4.78 is 37.4. The molecule has 0 spiro atoms. The van der Waals surface area contributed by atoms with Gasteiger partial charge in [0.05, 0.1) is 11.2 Å². The molecule has 1 fully saturated rings. The van der Waals surface area contributed by atoms with Crippen LogP contribution in [0.4, 0.5) is 0 Å². The van der Waals surface area contributed by atoms with E-state index in [9.17, 15) is 22.8 Å². The highest BCUT2D eigenvalue weighted by Crippen LogP contribution is 2.19. The quantitative estimate of drug-likeness (QED) is 0.476. The van der Waals surface area contributed by atoms with Gasteiger partial charge in [0.25, 0.3) is 17.7 Å². The largest absolute Gasteiger partial charge is 0.484 e. The molecule has 0 bridgehead atoms. The van der Waals surface area contributed by atoms with E-state index in [4.69, 9.17) is 9.15 Å². The van der Waals surface area contributed by atoms with Gasteiger partial charge in [-0.2, -0.15) is 0 Å². The van der Waals surface area contributed by atoms with Gasteiger partial charge in [0.1, 0.15) is 5.75 Å². The maximum atomic E-state index is 13.4. The molecule has 1 atom stereocenters. The Hall–Kier alpha value is -4.12. The molecule has 194 valence electrons. The van der Waals surface area contributed by atoms with E-state index in [2.05, 4.69) is 5.32 Å². The zero-order valence-corrected chi connectivity index (χ0v) is 21.0. The molecule has 37 heavy (non-hydrogen) atoms. The number of hydrogen-bond acceptors (Lipinski definition) is 7. The van der Waals surface area contributed by atoms with E-state index in [0.717, 1.165) is 5.56 Å². The van der Waals surface area contributed by atoms with E-state index in [-0.39, 0.29) is 49.3 Å². The number of amides is 3. The number of para-hydroxylation sites is 1. The van der Waals surface area contributed by atoms with Crippen LogP contribution in [0.3, 0.4) is 0 Å². The van der Waals surface area contributed by atoms with Crippen molar-refractivity contribution in [1.82, 2.24) is 15.1 Å². The van der Waals surface area contributed by atoms with Crippen molar-refractivity contribution in [2.24, 2.45) is 0 Å². The molecule has 11 heteroatoms. The molecule has 1 saturated heterocycles. The average molecular weight is 526 g/mol. The third-order valence-electron chi connectivity index (χ3n) is 6.00. The second-order valence-corrected chi connectivity index (χ2v) is 10.5. The Labute approximate surface area is 214 Å². The molecule has 1 aromatic heterocycles. The third kappa shape index (κ3) is 6.00. The van der Waals surface area contributed by atoms with Crippen LogP contribution in [0.15, 0.2) is 82.3 Å². The van der Waals surface area contributed by atoms with E-state index in [1.165, 1.54) is 47.6 Å². The number of ether oxygens (including phenoxy) is 1. The Morgan fingerprint density at radius 2 is 1.57 bits per heavy atom. The first-order valence-corrected chi connectivity index (χ1v) is 13.2. The van der Waals surface area contributed by atoms with E-state index >= 15 is 0 Å². The average Bonchev–Trinajstić information content (AvgIpc) is 3.46. The molecule has 1 aliphatic heterocycles. The minimum atomic E-state index is -4.27. The Morgan fingerprint density at radius 1 is 0.919 bits per heavy atom. The second kappa shape index (κ2) is 11.3. The lowest BCUT2D eigenvalue weighted by Gasteiger charge is -2.36. The summed E-state index contributed by atoms with van der Waals surface area (Å²) in [6, 6.07) is 17.7. The molecule has 3 aromatic rings. The molecule has 1 N–H and O–H groups in total. The van der Waals surface area contributed by atoms with Crippen LogP contribution in [-0.2, 0) is 19.4 Å². The molecular weight excluding hydrogens is 498 g/mol. The van der Waals surface area contributed by atoms with Gasteiger partial charge in [-0.1, -0.05) is 36.4 Å². The number of nitrogens with zero attached hydrogens (tertiary/aromatic N) is 2. The molecule has 4 rings (SSSR count). The minimum absolute atomic E-state index is 0.102. The molecule has 1 aliphatic rings. The van der Waals surface area contributed by atoms with E-state index in [1.807, 2.05) is 25.1 Å². The summed E-state index contributed by atoms with van der Waals surface area (Å²) in [4.78, 5) is 41.5. The fourth-order valence-electron chi connectivity index (χ4n) is 3.91. The summed E-state index contributed by atoms with van der Waals surface area (Å²) in [5, 5.41) is 0.459. The van der Waals surface area contributed by atoms with Gasteiger partial charge < -0.3 is 24.3 Å². The predicted molar refractivity (Wildman–Crippen MR) is 133 cm³/mol. The fraction of sp³-hybridized carbons (Fsp3) is 0.269. The SMILES string of the molecule is Cc1ccccc1OCC(=O)N1CCN(C(=O)[C@@H](NC(=O)c2ccco2)S(=O)(=O)c2ccccc2)CC1. The van der Waals surface area contributed by atoms with Gasteiger partial charge in [0.15, 0.2) is 12.4 Å². The molecule has 0 aliphatic carbocycles. The first kappa shape index (κ1) is 26.0. The molecule has 2 heterocycles. The summed E-state index contributed by atoms with van der Waals surface area (Å²) in [7, 11) is -4.27. The highest BCUT2D eigenvalue weighted by Gasteiger charge is 2.40. The number of furan rings is 1. The molecule has 10 nitrogen and oxygen atoms in total. The molecule has 2 aromatic carbocycles. The molecule has 3 amide bonds. The number of piperazine rings is 1. The lowest BCUT2D eigenvalue weighted by atomic mass is 10.2. The summed E-state index contributed by atoms with van der Waals surface area (Å²) in [6.07, 6.45) is 1.27. The van der Waals surface area contributed by atoms with E-state index in [1.54, 1.807) is 17.0 Å². The highest BCUT2D eigenvalue weighted by atomic mass is 32.2. The monoisotopic (exact) mass is 525 g/mol. The zero-order valence-electron chi connectivity index (χ0n) is 20.2. The third-order valence-corrected chi connectivity index (χ3v) is 7.87. The molecule has 0 unspecified atom stereocenters. The minimum Gasteiger partial charge on any atom is -0.484 e. The fourth-order valence-corrected chi connectivity index (χ4v) is 5.39. The van der Waals surface area contributed by atoms with Crippen LogP contribution in [0.25, 0.3) is 0 Å². The van der Waals surface area contributed by atoms with Crippen LogP contribution < -0.4 is 10.1 Å². The maximum Gasteiger partial charge on any atom is 0.288 e. The van der Waals surface area contributed by atoms with Crippen LogP contribution in [0.1, 0.15) is 16.1 Å². The van der Waals surface area contributed by atoms with Gasteiger partial charge in [-0.05, 0) is 42.8 Å². The van der Waals surface area contributed by atoms with Crippen molar-refractivity contribution < 1.29 is 32.0 Å². The van der Waals surface area contributed by atoms with Gasteiger partial charge in [-0.3, -0.25) is 14.4 Å². The number of benzene rings is 2. The normalized spacial score (nSPS) is 14.6. The smallest absolute Gasteiger partial charge is 0.288 e. The number of sulfone groups is 1.